The number of rotatable bonds is 6. The molecule has 2 rings (SSSR count). The lowest BCUT2D eigenvalue weighted by molar-refractivity contribution is -0.386. The van der Waals surface area contributed by atoms with Crippen molar-refractivity contribution in [2.45, 2.75) is 19.2 Å². The van der Waals surface area contributed by atoms with E-state index in [1.54, 1.807) is 0 Å². The highest BCUT2D eigenvalue weighted by atomic mass is 35.5. The van der Waals surface area contributed by atoms with E-state index in [-0.39, 0.29) is 11.5 Å². The van der Waals surface area contributed by atoms with Crippen LogP contribution in [-0.4, -0.2) is 22.1 Å². The molecule has 1 atom stereocenters. The number of nitro groups is 1. The SMILES string of the molecule is CC(Oc1cc(Oc2c(Cl)cc(C(F)(F)F)cc2Cl)ccc1[N+](=O)[O-])C(=O)O. The van der Waals surface area contributed by atoms with Crippen LogP contribution in [0.1, 0.15) is 12.5 Å². The Kier molecular flexibility index (Phi) is 6.25. The van der Waals surface area contributed by atoms with Gasteiger partial charge in [0.25, 0.3) is 0 Å². The fraction of sp³-hybridized carbons (Fsp3) is 0.188. The van der Waals surface area contributed by atoms with Crippen LogP contribution in [0.2, 0.25) is 10.0 Å². The molecule has 0 amide bonds. The van der Waals surface area contributed by atoms with E-state index in [2.05, 4.69) is 0 Å². The topological polar surface area (TPSA) is 98.9 Å². The van der Waals surface area contributed by atoms with Gasteiger partial charge in [-0.15, -0.1) is 0 Å². The third-order valence-corrected chi connectivity index (χ3v) is 3.89. The highest BCUT2D eigenvalue weighted by Crippen LogP contribution is 2.43. The fourth-order valence-electron chi connectivity index (χ4n) is 1.98. The van der Waals surface area contributed by atoms with Gasteiger partial charge in [0, 0.05) is 12.1 Å². The van der Waals surface area contributed by atoms with Crippen molar-refractivity contribution in [3.05, 3.63) is 56.1 Å². The Balaban J connectivity index is 2.42. The minimum Gasteiger partial charge on any atom is -0.479 e. The van der Waals surface area contributed by atoms with E-state index in [4.69, 9.17) is 37.8 Å². The van der Waals surface area contributed by atoms with Gasteiger partial charge in [-0.25, -0.2) is 4.79 Å². The molecule has 0 saturated heterocycles. The zero-order chi connectivity index (χ0) is 21.2. The molecule has 0 aliphatic rings. The maximum atomic E-state index is 12.8. The summed E-state index contributed by atoms with van der Waals surface area (Å²) in [7, 11) is 0. The number of carboxylic acid groups (broad SMARTS) is 1. The standard InChI is InChI=1S/C16H10Cl2F3NO6/c1-7(15(23)24)27-13-6-9(2-3-12(13)22(25)26)28-14-10(17)4-8(5-11(14)18)16(19,20)21/h2-7H,1H3,(H,23,24). The lowest BCUT2D eigenvalue weighted by atomic mass is 10.2. The molecule has 150 valence electrons. The smallest absolute Gasteiger partial charge is 0.416 e. The van der Waals surface area contributed by atoms with Crippen LogP contribution in [0.25, 0.3) is 0 Å². The molecule has 0 saturated carbocycles. The molecule has 1 unspecified atom stereocenters. The fourth-order valence-corrected chi connectivity index (χ4v) is 2.55. The van der Waals surface area contributed by atoms with E-state index >= 15 is 0 Å². The zero-order valence-electron chi connectivity index (χ0n) is 13.8. The number of hydrogen-bond acceptors (Lipinski definition) is 5. The second kappa shape index (κ2) is 8.11. The minimum absolute atomic E-state index is 0.123. The molecule has 12 heteroatoms. The van der Waals surface area contributed by atoms with Crippen molar-refractivity contribution in [2.24, 2.45) is 0 Å². The summed E-state index contributed by atoms with van der Waals surface area (Å²) in [6, 6.07) is 4.32. The van der Waals surface area contributed by atoms with Gasteiger partial charge in [-0.1, -0.05) is 23.2 Å². The molecule has 7 nitrogen and oxygen atoms in total. The lowest BCUT2D eigenvalue weighted by Gasteiger charge is -2.15. The molecule has 0 aliphatic carbocycles. The Morgan fingerprint density at radius 3 is 2.25 bits per heavy atom. The molecule has 0 aromatic heterocycles. The Morgan fingerprint density at radius 2 is 1.79 bits per heavy atom. The van der Waals surface area contributed by atoms with Crippen LogP contribution in [0.4, 0.5) is 18.9 Å². The highest BCUT2D eigenvalue weighted by molar-refractivity contribution is 6.37. The summed E-state index contributed by atoms with van der Waals surface area (Å²) >= 11 is 11.6. The summed E-state index contributed by atoms with van der Waals surface area (Å²) in [5, 5.41) is 19.1. The first-order chi connectivity index (χ1) is 12.9. The zero-order valence-corrected chi connectivity index (χ0v) is 15.3. The number of nitro benzene ring substituents is 1. The lowest BCUT2D eigenvalue weighted by Crippen LogP contribution is -2.23. The predicted octanol–water partition coefficient (Wildman–Crippen LogP) is 5.56. The third kappa shape index (κ3) is 4.96. The first-order valence-corrected chi connectivity index (χ1v) is 8.07. The van der Waals surface area contributed by atoms with Gasteiger partial charge in [-0.05, 0) is 25.1 Å². The number of aliphatic carboxylic acids is 1. The Labute approximate surface area is 165 Å². The van der Waals surface area contributed by atoms with E-state index in [0.29, 0.717) is 12.1 Å². The van der Waals surface area contributed by atoms with Gasteiger partial charge in [0.05, 0.1) is 20.5 Å². The van der Waals surface area contributed by atoms with Crippen molar-refractivity contribution >= 4 is 34.9 Å². The van der Waals surface area contributed by atoms with Crippen molar-refractivity contribution < 1.29 is 37.5 Å². The quantitative estimate of drug-likeness (QED) is 0.466. The van der Waals surface area contributed by atoms with Crippen molar-refractivity contribution in [3.63, 3.8) is 0 Å². The molecule has 2 aromatic rings. The summed E-state index contributed by atoms with van der Waals surface area (Å²) in [6.07, 6.45) is -6.08. The summed E-state index contributed by atoms with van der Waals surface area (Å²) in [5.74, 6) is -2.23. The molecule has 0 radical (unpaired) electrons. The number of carboxylic acids is 1. The van der Waals surface area contributed by atoms with E-state index in [1.807, 2.05) is 0 Å². The van der Waals surface area contributed by atoms with Crippen LogP contribution in [0.5, 0.6) is 17.2 Å². The van der Waals surface area contributed by atoms with Crippen LogP contribution in [0.15, 0.2) is 30.3 Å². The van der Waals surface area contributed by atoms with Crippen molar-refractivity contribution in [1.29, 1.82) is 0 Å². The average molecular weight is 440 g/mol. The van der Waals surface area contributed by atoms with Crippen molar-refractivity contribution in [1.82, 2.24) is 0 Å². The third-order valence-electron chi connectivity index (χ3n) is 3.33. The van der Waals surface area contributed by atoms with Crippen LogP contribution in [0, 0.1) is 10.1 Å². The van der Waals surface area contributed by atoms with E-state index in [9.17, 15) is 28.1 Å². The van der Waals surface area contributed by atoms with E-state index < -0.39 is 50.2 Å². The molecular weight excluding hydrogens is 430 g/mol. The molecule has 1 N–H and O–H groups in total. The van der Waals surface area contributed by atoms with E-state index in [1.165, 1.54) is 0 Å². The number of benzene rings is 2. The van der Waals surface area contributed by atoms with Crippen molar-refractivity contribution in [2.75, 3.05) is 0 Å². The number of nitrogens with zero attached hydrogens (tertiary/aromatic N) is 1. The van der Waals surface area contributed by atoms with Crippen molar-refractivity contribution in [3.8, 4) is 17.2 Å². The average Bonchev–Trinajstić information content (AvgIpc) is 2.56. The Bertz CT molecular complexity index is 912. The molecule has 2 aromatic carbocycles. The summed E-state index contributed by atoms with van der Waals surface area (Å²) < 4.78 is 48.7. The normalized spacial score (nSPS) is 12.4. The molecule has 0 bridgehead atoms. The second-order valence-corrected chi connectivity index (χ2v) is 6.17. The first-order valence-electron chi connectivity index (χ1n) is 7.32. The molecule has 0 spiro atoms. The molecule has 28 heavy (non-hydrogen) atoms. The van der Waals surface area contributed by atoms with Gasteiger partial charge in [0.1, 0.15) is 5.75 Å². The maximum absolute atomic E-state index is 12.8. The van der Waals surface area contributed by atoms with Crippen LogP contribution < -0.4 is 9.47 Å². The summed E-state index contributed by atoms with van der Waals surface area (Å²) in [5.41, 5.74) is -1.62. The first kappa shape index (κ1) is 21.6. The van der Waals surface area contributed by atoms with Crippen LogP contribution in [-0.2, 0) is 11.0 Å². The minimum atomic E-state index is -4.67. The monoisotopic (exact) mass is 439 g/mol. The van der Waals surface area contributed by atoms with E-state index in [0.717, 1.165) is 25.1 Å². The number of ether oxygens (including phenoxy) is 2. The number of alkyl halides is 3. The predicted molar refractivity (Wildman–Crippen MR) is 92.4 cm³/mol. The highest BCUT2D eigenvalue weighted by Gasteiger charge is 2.32. The van der Waals surface area contributed by atoms with Crippen LogP contribution >= 0.6 is 23.2 Å². The molecule has 0 heterocycles. The molecule has 0 aliphatic heterocycles. The van der Waals surface area contributed by atoms with Gasteiger partial charge in [0.15, 0.2) is 11.9 Å². The van der Waals surface area contributed by atoms with Crippen LogP contribution in [0.3, 0.4) is 0 Å². The molecule has 0 fully saturated rings. The number of carbonyl (C=O) groups is 1. The number of hydrogen-bond donors (Lipinski definition) is 1. The number of halogens is 5. The Morgan fingerprint density at radius 1 is 1.21 bits per heavy atom. The Hall–Kier alpha value is -2.72. The molecular formula is C16H10Cl2F3NO6. The largest absolute Gasteiger partial charge is 0.479 e. The van der Waals surface area contributed by atoms with Gasteiger partial charge in [0.2, 0.25) is 5.75 Å². The van der Waals surface area contributed by atoms with Gasteiger partial charge < -0.3 is 14.6 Å². The van der Waals surface area contributed by atoms with Gasteiger partial charge >= 0.3 is 17.8 Å². The second-order valence-electron chi connectivity index (χ2n) is 5.35. The summed E-state index contributed by atoms with van der Waals surface area (Å²) in [6.45, 7) is 1.16. The summed E-state index contributed by atoms with van der Waals surface area (Å²) in [4.78, 5) is 21.2. The maximum Gasteiger partial charge on any atom is 0.416 e. The van der Waals surface area contributed by atoms with Gasteiger partial charge in [-0.2, -0.15) is 13.2 Å². The van der Waals surface area contributed by atoms with Gasteiger partial charge in [-0.3, -0.25) is 10.1 Å².